The zero-order valence-corrected chi connectivity index (χ0v) is 19.7. The first-order chi connectivity index (χ1) is 16.8. The van der Waals surface area contributed by atoms with Crippen LogP contribution in [0.25, 0.3) is 0 Å². The number of anilines is 1. The van der Waals surface area contributed by atoms with Crippen molar-refractivity contribution in [3.8, 4) is 0 Å². The molecule has 0 saturated carbocycles. The van der Waals surface area contributed by atoms with Gasteiger partial charge in [0.1, 0.15) is 0 Å². The van der Waals surface area contributed by atoms with Crippen LogP contribution in [0.4, 0.5) is 5.69 Å². The van der Waals surface area contributed by atoms with Gasteiger partial charge in [-0.1, -0.05) is 66.2 Å². The van der Waals surface area contributed by atoms with E-state index < -0.39 is 46.9 Å². The third kappa shape index (κ3) is 2.69. The van der Waals surface area contributed by atoms with E-state index in [0.717, 1.165) is 16.0 Å². The topological polar surface area (TPSA) is 80.8 Å². The van der Waals surface area contributed by atoms with Crippen molar-refractivity contribution in [3.63, 3.8) is 0 Å². The van der Waals surface area contributed by atoms with Gasteiger partial charge in [0.05, 0.1) is 23.6 Å². The predicted octanol–water partition coefficient (Wildman–Crippen LogP) is 4.65. The Balaban J connectivity index is 1.58. The molecule has 0 aromatic heterocycles. The third-order valence-corrected chi connectivity index (χ3v) is 7.89. The summed E-state index contributed by atoms with van der Waals surface area (Å²) in [6.45, 7) is 3.72. The zero-order valence-electron chi connectivity index (χ0n) is 18.9. The molecule has 3 aromatic carbocycles. The van der Waals surface area contributed by atoms with Gasteiger partial charge in [0, 0.05) is 21.7 Å². The second-order valence-corrected chi connectivity index (χ2v) is 9.64. The van der Waals surface area contributed by atoms with Crippen molar-refractivity contribution in [1.29, 1.82) is 0 Å². The molecule has 1 spiro atoms. The molecular formula is C28H20ClNO5. The number of ether oxygens (including phenoxy) is 1. The molecule has 6 rings (SSSR count). The normalized spacial score (nSPS) is 24.4. The fraction of sp³-hybridized carbons (Fsp3) is 0.214. The second-order valence-electron chi connectivity index (χ2n) is 9.23. The van der Waals surface area contributed by atoms with E-state index >= 15 is 0 Å². The van der Waals surface area contributed by atoms with Gasteiger partial charge < -0.3 is 4.74 Å². The van der Waals surface area contributed by atoms with Gasteiger partial charge in [0.25, 0.3) is 0 Å². The Morgan fingerprint density at radius 3 is 2.09 bits per heavy atom. The van der Waals surface area contributed by atoms with Crippen molar-refractivity contribution < 1.29 is 23.9 Å². The molecule has 3 aromatic rings. The molecule has 3 atom stereocenters. The molecule has 35 heavy (non-hydrogen) atoms. The van der Waals surface area contributed by atoms with Crippen molar-refractivity contribution in [1.82, 2.24) is 0 Å². The highest BCUT2D eigenvalue weighted by molar-refractivity contribution is 6.37. The van der Waals surface area contributed by atoms with E-state index in [1.54, 1.807) is 60.7 Å². The van der Waals surface area contributed by atoms with E-state index in [1.807, 2.05) is 19.9 Å². The minimum Gasteiger partial charge on any atom is -0.349 e. The molecular weight excluding hydrogens is 466 g/mol. The van der Waals surface area contributed by atoms with Crippen LogP contribution in [-0.4, -0.2) is 29.0 Å². The molecule has 6 nitrogen and oxygen atoms in total. The molecule has 2 heterocycles. The van der Waals surface area contributed by atoms with Crippen LogP contribution >= 0.6 is 11.6 Å². The average molecular weight is 486 g/mol. The van der Waals surface area contributed by atoms with Crippen molar-refractivity contribution in [2.24, 2.45) is 11.8 Å². The molecule has 2 amide bonds. The minimum absolute atomic E-state index is 0.196. The number of hydrogen-bond acceptors (Lipinski definition) is 5. The Hall–Kier alpha value is -3.61. The number of Topliss-reactive ketones (excluding diaryl/α,β-unsaturated/α-hetero) is 2. The van der Waals surface area contributed by atoms with Gasteiger partial charge in [0.2, 0.25) is 29.0 Å². The first-order valence-corrected chi connectivity index (χ1v) is 11.7. The average Bonchev–Trinajstić information content (AvgIpc) is 3.41. The summed E-state index contributed by atoms with van der Waals surface area (Å²) < 4.78 is 6.28. The van der Waals surface area contributed by atoms with Crippen LogP contribution in [0.3, 0.4) is 0 Å². The Bertz CT molecular complexity index is 1440. The van der Waals surface area contributed by atoms with Gasteiger partial charge in [-0.3, -0.25) is 19.2 Å². The van der Waals surface area contributed by atoms with Gasteiger partial charge >= 0.3 is 0 Å². The lowest BCUT2D eigenvalue weighted by atomic mass is 9.77. The van der Waals surface area contributed by atoms with Crippen LogP contribution < -0.4 is 4.90 Å². The summed E-state index contributed by atoms with van der Waals surface area (Å²) in [5.74, 6) is -4.68. The summed E-state index contributed by atoms with van der Waals surface area (Å²) in [6.07, 6.45) is -1.04. The summed E-state index contributed by atoms with van der Waals surface area (Å²) in [5, 5.41) is 0.328. The molecule has 0 unspecified atom stereocenters. The molecule has 0 N–H and O–H groups in total. The van der Waals surface area contributed by atoms with Crippen LogP contribution in [0.1, 0.15) is 43.5 Å². The SMILES string of the molecule is Cc1cccc(N2C(=O)[C@H]3[C@@H](c4ccccc4Cl)OC4(C(=O)c5ccccc5C4=O)[C@@H]3C2=O)c1C. The monoisotopic (exact) mass is 485 g/mol. The summed E-state index contributed by atoms with van der Waals surface area (Å²) in [5.41, 5.74) is 0.861. The first kappa shape index (κ1) is 21.9. The summed E-state index contributed by atoms with van der Waals surface area (Å²) in [7, 11) is 0. The number of halogens is 1. The van der Waals surface area contributed by atoms with Crippen LogP contribution in [0, 0.1) is 25.7 Å². The Morgan fingerprint density at radius 1 is 0.800 bits per heavy atom. The quantitative estimate of drug-likeness (QED) is 0.390. The number of hydrogen-bond donors (Lipinski definition) is 0. The third-order valence-electron chi connectivity index (χ3n) is 7.55. The lowest BCUT2D eigenvalue weighted by Crippen LogP contribution is -2.51. The fourth-order valence-corrected chi connectivity index (χ4v) is 5.96. The van der Waals surface area contributed by atoms with Crippen molar-refractivity contribution in [2.75, 3.05) is 4.90 Å². The maximum Gasteiger partial charge on any atom is 0.241 e. The van der Waals surface area contributed by atoms with E-state index in [4.69, 9.17) is 16.3 Å². The highest BCUT2D eigenvalue weighted by Crippen LogP contribution is 2.58. The first-order valence-electron chi connectivity index (χ1n) is 11.3. The molecule has 3 aliphatic rings. The lowest BCUT2D eigenvalue weighted by molar-refractivity contribution is -0.127. The number of imide groups is 1. The molecule has 174 valence electrons. The predicted molar refractivity (Wildman–Crippen MR) is 129 cm³/mol. The van der Waals surface area contributed by atoms with Gasteiger partial charge in [-0.2, -0.15) is 0 Å². The Morgan fingerprint density at radius 2 is 1.43 bits per heavy atom. The molecule has 0 bridgehead atoms. The van der Waals surface area contributed by atoms with Gasteiger partial charge in [-0.25, -0.2) is 4.90 Å². The van der Waals surface area contributed by atoms with Gasteiger partial charge in [0.15, 0.2) is 0 Å². The number of carbonyl (C=O) groups excluding carboxylic acids is 4. The standard InChI is InChI=1S/C28H20ClNO5/c1-14-8-7-13-20(15(14)2)30-26(33)21-22(27(30)34)28(35-23(21)18-11-5-6-12-19(18)29)24(31)16-9-3-4-10-17(16)25(28)32/h3-13,21-23H,1-2H3/t21-,22+,23-/m1/s1. The Kier molecular flexibility index (Phi) is 4.66. The molecule has 1 aliphatic carbocycles. The molecule has 2 fully saturated rings. The van der Waals surface area contributed by atoms with Crippen molar-refractivity contribution in [2.45, 2.75) is 25.6 Å². The molecule has 0 radical (unpaired) electrons. The second kappa shape index (κ2) is 7.44. The number of rotatable bonds is 2. The Labute approximate surface area is 206 Å². The van der Waals surface area contributed by atoms with Crippen LogP contribution in [0.2, 0.25) is 5.02 Å². The zero-order chi connectivity index (χ0) is 24.6. The smallest absolute Gasteiger partial charge is 0.241 e. The minimum atomic E-state index is -2.11. The number of fused-ring (bicyclic) bond motifs is 3. The van der Waals surface area contributed by atoms with Crippen molar-refractivity contribution >= 4 is 40.7 Å². The molecule has 2 saturated heterocycles. The summed E-state index contributed by atoms with van der Waals surface area (Å²) >= 11 is 6.48. The number of benzene rings is 3. The lowest BCUT2D eigenvalue weighted by Gasteiger charge is -2.28. The van der Waals surface area contributed by atoms with Crippen LogP contribution in [-0.2, 0) is 14.3 Å². The number of aryl methyl sites for hydroxylation is 1. The number of ketones is 2. The largest absolute Gasteiger partial charge is 0.349 e. The van der Waals surface area contributed by atoms with E-state index in [0.29, 0.717) is 16.3 Å². The van der Waals surface area contributed by atoms with Crippen molar-refractivity contribution in [3.05, 3.63) is 99.6 Å². The maximum atomic E-state index is 14.0. The summed E-state index contributed by atoms with van der Waals surface area (Å²) in [4.78, 5) is 56.7. The number of carbonyl (C=O) groups is 4. The molecule has 2 aliphatic heterocycles. The van der Waals surface area contributed by atoms with E-state index in [9.17, 15) is 19.2 Å². The maximum absolute atomic E-state index is 14.0. The summed E-state index contributed by atoms with van der Waals surface area (Å²) in [6, 6.07) is 18.6. The number of nitrogens with zero attached hydrogens (tertiary/aromatic N) is 1. The van der Waals surface area contributed by atoms with E-state index in [1.165, 1.54) is 0 Å². The highest BCUT2D eigenvalue weighted by atomic mass is 35.5. The highest BCUT2D eigenvalue weighted by Gasteiger charge is 2.75. The molecule has 7 heteroatoms. The fourth-order valence-electron chi connectivity index (χ4n) is 5.72. The van der Waals surface area contributed by atoms with Gasteiger partial charge in [-0.15, -0.1) is 0 Å². The van der Waals surface area contributed by atoms with Crippen LogP contribution in [0.5, 0.6) is 0 Å². The van der Waals surface area contributed by atoms with E-state index in [-0.39, 0.29) is 11.1 Å². The number of amides is 2. The van der Waals surface area contributed by atoms with Gasteiger partial charge in [-0.05, 0) is 37.1 Å². The van der Waals surface area contributed by atoms with E-state index in [2.05, 4.69) is 0 Å². The van der Waals surface area contributed by atoms with Crippen LogP contribution in [0.15, 0.2) is 66.7 Å².